The lowest BCUT2D eigenvalue weighted by molar-refractivity contribution is -0.384. The van der Waals surface area contributed by atoms with Crippen LogP contribution in [0.4, 0.5) is 10.1 Å². The van der Waals surface area contributed by atoms with Gasteiger partial charge >= 0.3 is 0 Å². The molecule has 25 heavy (non-hydrogen) atoms. The van der Waals surface area contributed by atoms with Gasteiger partial charge in [0, 0.05) is 17.7 Å². The Labute approximate surface area is 146 Å². The maximum atomic E-state index is 13.1. The molecule has 0 N–H and O–H groups in total. The third-order valence-corrected chi connectivity index (χ3v) is 3.33. The first-order valence-electron chi connectivity index (χ1n) is 7.72. The summed E-state index contributed by atoms with van der Waals surface area (Å²) in [4.78, 5) is 10.4. The molecule has 0 fully saturated rings. The number of non-ortho nitro benzene ring substituents is 1. The Morgan fingerprint density at radius 1 is 1.28 bits per heavy atom. The van der Waals surface area contributed by atoms with E-state index in [2.05, 4.69) is 11.8 Å². The molecule has 0 aliphatic heterocycles. The summed E-state index contributed by atoms with van der Waals surface area (Å²) in [5.41, 5.74) is 2.34. The zero-order valence-electron chi connectivity index (χ0n) is 14.0. The van der Waals surface area contributed by atoms with Crippen molar-refractivity contribution in [3.63, 3.8) is 0 Å². The van der Waals surface area contributed by atoms with Gasteiger partial charge in [-0.15, -0.1) is 0 Å². The third kappa shape index (κ3) is 5.87. The zero-order chi connectivity index (χ0) is 18.2. The van der Waals surface area contributed by atoms with Crippen LogP contribution in [0.5, 0.6) is 0 Å². The minimum absolute atomic E-state index is 0.0180. The van der Waals surface area contributed by atoms with Gasteiger partial charge in [0.2, 0.25) is 0 Å². The highest BCUT2D eigenvalue weighted by Gasteiger charge is 2.09. The van der Waals surface area contributed by atoms with E-state index in [1.165, 1.54) is 24.3 Å². The zero-order valence-corrected chi connectivity index (χ0v) is 14.0. The number of nitrogens with zero attached hydrogens (tertiary/aromatic N) is 1. The Kier molecular flexibility index (Phi) is 6.44. The second kappa shape index (κ2) is 8.76. The Bertz CT molecular complexity index is 828. The van der Waals surface area contributed by atoms with Gasteiger partial charge in [-0.25, -0.2) is 4.39 Å². The van der Waals surface area contributed by atoms with Crippen molar-refractivity contribution in [2.75, 3.05) is 6.61 Å². The van der Waals surface area contributed by atoms with E-state index in [4.69, 9.17) is 4.74 Å². The summed E-state index contributed by atoms with van der Waals surface area (Å²) in [7, 11) is 0. The van der Waals surface area contributed by atoms with E-state index in [1.807, 2.05) is 19.9 Å². The molecule has 0 heterocycles. The average Bonchev–Trinajstić information content (AvgIpc) is 2.59. The molecular formula is C20H18FNO3. The molecule has 0 bridgehead atoms. The van der Waals surface area contributed by atoms with E-state index in [0.717, 1.165) is 11.1 Å². The van der Waals surface area contributed by atoms with E-state index >= 15 is 0 Å². The summed E-state index contributed by atoms with van der Waals surface area (Å²) in [6.07, 6.45) is 1.36. The molecule has 2 aromatic rings. The van der Waals surface area contributed by atoms with Crippen LogP contribution in [-0.4, -0.2) is 11.5 Å². The highest BCUT2D eigenvalue weighted by atomic mass is 19.1. The second-order valence-electron chi connectivity index (χ2n) is 5.62. The minimum atomic E-state index is -0.560. The fraction of sp³-hybridized carbons (Fsp3) is 0.200. The van der Waals surface area contributed by atoms with Crippen LogP contribution in [-0.2, 0) is 4.74 Å². The topological polar surface area (TPSA) is 52.4 Å². The van der Waals surface area contributed by atoms with Gasteiger partial charge in [-0.05, 0) is 37.6 Å². The van der Waals surface area contributed by atoms with Crippen molar-refractivity contribution < 1.29 is 14.1 Å². The van der Waals surface area contributed by atoms with Crippen LogP contribution in [0.2, 0.25) is 0 Å². The van der Waals surface area contributed by atoms with E-state index in [-0.39, 0.29) is 11.5 Å². The van der Waals surface area contributed by atoms with Crippen molar-refractivity contribution in [2.45, 2.75) is 20.0 Å². The summed E-state index contributed by atoms with van der Waals surface area (Å²) in [5.74, 6) is 5.53. The first kappa shape index (κ1) is 18.4. The molecule has 2 rings (SSSR count). The van der Waals surface area contributed by atoms with Gasteiger partial charge in [0.05, 0.1) is 11.5 Å². The molecule has 0 saturated heterocycles. The number of benzene rings is 2. The van der Waals surface area contributed by atoms with Gasteiger partial charge in [-0.3, -0.25) is 10.1 Å². The van der Waals surface area contributed by atoms with Crippen molar-refractivity contribution in [1.29, 1.82) is 0 Å². The van der Waals surface area contributed by atoms with E-state index < -0.39 is 11.0 Å². The first-order valence-corrected chi connectivity index (χ1v) is 7.72. The van der Waals surface area contributed by atoms with Crippen molar-refractivity contribution in [1.82, 2.24) is 0 Å². The van der Waals surface area contributed by atoms with Gasteiger partial charge < -0.3 is 4.74 Å². The Morgan fingerprint density at radius 3 is 2.64 bits per heavy atom. The third-order valence-electron chi connectivity index (χ3n) is 3.33. The summed E-state index contributed by atoms with van der Waals surface area (Å²) < 4.78 is 18.9. The molecule has 128 valence electrons. The second-order valence-corrected chi connectivity index (χ2v) is 5.62. The lowest BCUT2D eigenvalue weighted by Gasteiger charge is -2.11. The highest BCUT2D eigenvalue weighted by Crippen LogP contribution is 2.18. The molecule has 0 saturated carbocycles. The molecular weight excluding hydrogens is 321 g/mol. The fourth-order valence-electron chi connectivity index (χ4n) is 2.02. The number of rotatable bonds is 5. The monoisotopic (exact) mass is 339 g/mol. The van der Waals surface area contributed by atoms with Crippen LogP contribution >= 0.6 is 0 Å². The standard InChI is InChI=1S/C20H18FNO3/c1-15(2)12-13-25-20(17-7-9-18(21)10-8-17)11-6-16-4-3-5-19(14-16)22(23)24/h3-5,7-10,12,14,20H,13H2,1-2H3. The van der Waals surface area contributed by atoms with Crippen LogP contribution in [0, 0.1) is 27.8 Å². The van der Waals surface area contributed by atoms with Gasteiger partial charge in [0.15, 0.2) is 0 Å². The number of hydrogen-bond acceptors (Lipinski definition) is 3. The Balaban J connectivity index is 2.27. The molecule has 1 atom stereocenters. The molecule has 0 aromatic heterocycles. The molecule has 4 nitrogen and oxygen atoms in total. The van der Waals surface area contributed by atoms with Crippen LogP contribution in [0.3, 0.4) is 0 Å². The quantitative estimate of drug-likeness (QED) is 0.340. The molecule has 5 heteroatoms. The molecule has 0 aliphatic carbocycles. The van der Waals surface area contributed by atoms with Crippen molar-refractivity contribution in [2.24, 2.45) is 0 Å². The Morgan fingerprint density at radius 2 is 2.00 bits per heavy atom. The normalized spacial score (nSPS) is 11.2. The van der Waals surface area contributed by atoms with E-state index in [0.29, 0.717) is 12.2 Å². The number of hydrogen-bond donors (Lipinski definition) is 0. The molecule has 1 unspecified atom stereocenters. The fourth-order valence-corrected chi connectivity index (χ4v) is 2.02. The summed E-state index contributed by atoms with van der Waals surface area (Å²) >= 11 is 0. The van der Waals surface area contributed by atoms with Crippen molar-refractivity contribution in [3.05, 3.63) is 87.2 Å². The molecule has 0 spiro atoms. The first-order chi connectivity index (χ1) is 12.0. The molecule has 0 radical (unpaired) electrons. The van der Waals surface area contributed by atoms with Crippen molar-refractivity contribution >= 4 is 5.69 Å². The van der Waals surface area contributed by atoms with Gasteiger partial charge in [0.25, 0.3) is 5.69 Å². The van der Waals surface area contributed by atoms with Crippen molar-refractivity contribution in [3.8, 4) is 11.8 Å². The van der Waals surface area contributed by atoms with E-state index in [1.54, 1.807) is 24.3 Å². The van der Waals surface area contributed by atoms with Crippen LogP contribution < -0.4 is 0 Å². The number of halogens is 1. The SMILES string of the molecule is CC(C)=CCOC(C#Cc1cccc([N+](=O)[O-])c1)c1ccc(F)cc1. The largest absolute Gasteiger partial charge is 0.357 e. The van der Waals surface area contributed by atoms with Crippen LogP contribution in [0.15, 0.2) is 60.2 Å². The molecule has 2 aromatic carbocycles. The minimum Gasteiger partial charge on any atom is -0.357 e. The number of ether oxygens (including phenoxy) is 1. The Hall–Kier alpha value is -2.97. The smallest absolute Gasteiger partial charge is 0.270 e. The summed E-state index contributed by atoms with van der Waals surface area (Å²) in [5, 5.41) is 10.8. The van der Waals surface area contributed by atoms with Crippen LogP contribution in [0.25, 0.3) is 0 Å². The number of nitro benzene ring substituents is 1. The molecule has 0 amide bonds. The maximum absolute atomic E-state index is 13.1. The van der Waals surface area contributed by atoms with Gasteiger partial charge in [0.1, 0.15) is 11.9 Å². The average molecular weight is 339 g/mol. The predicted octanol–water partition coefficient (Wildman–Crippen LogP) is 4.81. The lowest BCUT2D eigenvalue weighted by Crippen LogP contribution is -2.03. The summed E-state index contributed by atoms with van der Waals surface area (Å²) in [6.45, 7) is 4.30. The summed E-state index contributed by atoms with van der Waals surface area (Å²) in [6, 6.07) is 12.0. The number of allylic oxidation sites excluding steroid dienone is 1. The predicted molar refractivity (Wildman–Crippen MR) is 94.5 cm³/mol. The van der Waals surface area contributed by atoms with E-state index in [9.17, 15) is 14.5 Å². The maximum Gasteiger partial charge on any atom is 0.270 e. The number of nitro groups is 1. The lowest BCUT2D eigenvalue weighted by atomic mass is 10.1. The van der Waals surface area contributed by atoms with Gasteiger partial charge in [-0.2, -0.15) is 0 Å². The van der Waals surface area contributed by atoms with Gasteiger partial charge in [-0.1, -0.05) is 41.7 Å². The molecule has 0 aliphatic rings. The van der Waals surface area contributed by atoms with Crippen LogP contribution in [0.1, 0.15) is 31.1 Å². The highest BCUT2D eigenvalue weighted by molar-refractivity contribution is 5.44.